The summed E-state index contributed by atoms with van der Waals surface area (Å²) in [5.74, 6) is 0.924. The number of guanidine groups is 1. The zero-order valence-electron chi connectivity index (χ0n) is 12.5. The molecule has 1 aromatic rings. The van der Waals surface area contributed by atoms with Crippen LogP contribution in [0.3, 0.4) is 0 Å². The first-order valence-electron chi connectivity index (χ1n) is 6.71. The Morgan fingerprint density at radius 1 is 1.57 bits per heavy atom. The van der Waals surface area contributed by atoms with Crippen molar-refractivity contribution in [2.24, 2.45) is 16.8 Å². The SMILES string of the molecule is CN=C(NCc1cccs1)N1CC(C)C(C(=O)OC)C1.I. The minimum atomic E-state index is -0.131. The molecule has 2 unspecified atom stereocenters. The van der Waals surface area contributed by atoms with Crippen LogP contribution in [0.25, 0.3) is 0 Å². The number of hydrogen-bond donors (Lipinski definition) is 1. The maximum Gasteiger partial charge on any atom is 0.310 e. The van der Waals surface area contributed by atoms with Gasteiger partial charge in [0, 0.05) is 25.0 Å². The van der Waals surface area contributed by atoms with Gasteiger partial charge in [0.2, 0.25) is 0 Å². The number of carbonyl (C=O) groups excluding carboxylic acids is 1. The molecule has 0 aliphatic carbocycles. The Kier molecular flexibility index (Phi) is 7.44. The molecule has 0 saturated carbocycles. The molecule has 1 saturated heterocycles. The summed E-state index contributed by atoms with van der Waals surface area (Å²) in [6.07, 6.45) is 0. The fraction of sp³-hybridized carbons (Fsp3) is 0.571. The van der Waals surface area contributed by atoms with Gasteiger partial charge in [0.15, 0.2) is 5.96 Å². The lowest BCUT2D eigenvalue weighted by molar-refractivity contribution is -0.145. The smallest absolute Gasteiger partial charge is 0.310 e. The number of aliphatic imine (C=N–C) groups is 1. The molecule has 21 heavy (non-hydrogen) atoms. The third kappa shape index (κ3) is 4.57. The van der Waals surface area contributed by atoms with E-state index in [1.807, 2.05) is 6.07 Å². The zero-order chi connectivity index (χ0) is 14.5. The lowest BCUT2D eigenvalue weighted by Crippen LogP contribution is -2.40. The summed E-state index contributed by atoms with van der Waals surface area (Å²) < 4.78 is 4.86. The van der Waals surface area contributed by atoms with Crippen LogP contribution < -0.4 is 5.32 Å². The van der Waals surface area contributed by atoms with Gasteiger partial charge in [-0.25, -0.2) is 0 Å². The van der Waals surface area contributed by atoms with Crippen LogP contribution in [0.1, 0.15) is 11.8 Å². The number of rotatable bonds is 3. The Hall–Kier alpha value is -0.830. The van der Waals surface area contributed by atoms with Crippen LogP contribution in [0.4, 0.5) is 0 Å². The molecule has 7 heteroatoms. The highest BCUT2D eigenvalue weighted by molar-refractivity contribution is 14.0. The highest BCUT2D eigenvalue weighted by atomic mass is 127. The summed E-state index contributed by atoms with van der Waals surface area (Å²) in [7, 11) is 3.22. The normalized spacial score (nSPS) is 21.9. The predicted molar refractivity (Wildman–Crippen MR) is 96.2 cm³/mol. The van der Waals surface area contributed by atoms with Crippen molar-refractivity contribution in [2.45, 2.75) is 13.5 Å². The van der Waals surface area contributed by atoms with E-state index in [1.54, 1.807) is 18.4 Å². The number of nitrogens with one attached hydrogen (secondary N) is 1. The fourth-order valence-electron chi connectivity index (χ4n) is 2.51. The number of likely N-dealkylation sites (tertiary alicyclic amines) is 1. The lowest BCUT2D eigenvalue weighted by Gasteiger charge is -2.21. The summed E-state index contributed by atoms with van der Waals surface area (Å²) in [6, 6.07) is 4.13. The molecule has 2 atom stereocenters. The molecule has 0 amide bonds. The summed E-state index contributed by atoms with van der Waals surface area (Å²) >= 11 is 1.72. The summed E-state index contributed by atoms with van der Waals surface area (Å²) in [4.78, 5) is 19.4. The highest BCUT2D eigenvalue weighted by Gasteiger charge is 2.36. The minimum Gasteiger partial charge on any atom is -0.469 e. The molecule has 1 aliphatic heterocycles. The number of esters is 1. The first-order chi connectivity index (χ1) is 9.65. The predicted octanol–water partition coefficient (Wildman–Crippen LogP) is 2.18. The van der Waals surface area contributed by atoms with Gasteiger partial charge in [-0.1, -0.05) is 13.0 Å². The molecule has 5 nitrogen and oxygen atoms in total. The molecular weight excluding hydrogens is 401 g/mol. The van der Waals surface area contributed by atoms with Crippen LogP contribution in [0.5, 0.6) is 0 Å². The second kappa shape index (κ2) is 8.57. The summed E-state index contributed by atoms with van der Waals surface area (Å²) in [5.41, 5.74) is 0. The van der Waals surface area contributed by atoms with Crippen molar-refractivity contribution >= 4 is 47.2 Å². The first-order valence-corrected chi connectivity index (χ1v) is 7.59. The third-order valence-electron chi connectivity index (χ3n) is 3.63. The lowest BCUT2D eigenvalue weighted by atomic mass is 9.99. The van der Waals surface area contributed by atoms with Gasteiger partial charge in [-0.15, -0.1) is 35.3 Å². The van der Waals surface area contributed by atoms with Crippen molar-refractivity contribution in [3.63, 3.8) is 0 Å². The maximum absolute atomic E-state index is 11.7. The van der Waals surface area contributed by atoms with Crippen molar-refractivity contribution in [3.8, 4) is 0 Å². The van der Waals surface area contributed by atoms with E-state index in [2.05, 4.69) is 33.6 Å². The van der Waals surface area contributed by atoms with Gasteiger partial charge in [0.25, 0.3) is 0 Å². The van der Waals surface area contributed by atoms with Crippen molar-refractivity contribution in [3.05, 3.63) is 22.4 Å². The van der Waals surface area contributed by atoms with Crippen LogP contribution in [0.2, 0.25) is 0 Å². The van der Waals surface area contributed by atoms with Crippen molar-refractivity contribution in [1.29, 1.82) is 0 Å². The average Bonchev–Trinajstić information content (AvgIpc) is 3.08. The molecule has 0 spiro atoms. The van der Waals surface area contributed by atoms with Gasteiger partial charge < -0.3 is 15.0 Å². The first kappa shape index (κ1) is 18.2. The molecule has 0 radical (unpaired) electrons. The zero-order valence-corrected chi connectivity index (χ0v) is 15.7. The van der Waals surface area contributed by atoms with E-state index >= 15 is 0 Å². The van der Waals surface area contributed by atoms with Crippen LogP contribution in [-0.2, 0) is 16.1 Å². The molecule has 1 aliphatic rings. The Morgan fingerprint density at radius 2 is 2.33 bits per heavy atom. The average molecular weight is 423 g/mol. The number of thiophene rings is 1. The van der Waals surface area contributed by atoms with Gasteiger partial charge in [-0.3, -0.25) is 9.79 Å². The third-order valence-corrected chi connectivity index (χ3v) is 4.50. The topological polar surface area (TPSA) is 53.9 Å². The molecule has 0 bridgehead atoms. The standard InChI is InChI=1S/C14H21N3O2S.HI/c1-10-8-17(9-12(10)13(18)19-3)14(15-2)16-7-11-5-4-6-20-11;/h4-6,10,12H,7-9H2,1-3H3,(H,15,16);1H. The largest absolute Gasteiger partial charge is 0.469 e. The Morgan fingerprint density at radius 3 is 2.90 bits per heavy atom. The highest BCUT2D eigenvalue weighted by Crippen LogP contribution is 2.24. The Bertz CT molecular complexity index is 479. The van der Waals surface area contributed by atoms with E-state index in [0.717, 1.165) is 19.0 Å². The van der Waals surface area contributed by atoms with Gasteiger partial charge in [0.05, 0.1) is 19.6 Å². The minimum absolute atomic E-state index is 0. The number of halogens is 1. The Labute approximate surface area is 146 Å². The molecule has 2 rings (SSSR count). The van der Waals surface area contributed by atoms with Crippen molar-refractivity contribution in [1.82, 2.24) is 10.2 Å². The van der Waals surface area contributed by atoms with Crippen LogP contribution in [0, 0.1) is 11.8 Å². The number of ether oxygens (including phenoxy) is 1. The van der Waals surface area contributed by atoms with E-state index in [9.17, 15) is 4.79 Å². The van der Waals surface area contributed by atoms with E-state index in [4.69, 9.17) is 4.74 Å². The quantitative estimate of drug-likeness (QED) is 0.351. The van der Waals surface area contributed by atoms with E-state index < -0.39 is 0 Å². The number of methoxy groups -OCH3 is 1. The van der Waals surface area contributed by atoms with E-state index in [0.29, 0.717) is 6.54 Å². The molecular formula is C14H22IN3O2S. The Balaban J connectivity index is 0.00000220. The van der Waals surface area contributed by atoms with E-state index in [-0.39, 0.29) is 41.8 Å². The molecule has 0 aromatic carbocycles. The molecule has 1 N–H and O–H groups in total. The molecule has 118 valence electrons. The molecule has 1 aromatic heterocycles. The molecule has 1 fully saturated rings. The number of nitrogens with zero attached hydrogens (tertiary/aromatic N) is 2. The van der Waals surface area contributed by atoms with Gasteiger partial charge in [-0.05, 0) is 17.4 Å². The van der Waals surface area contributed by atoms with E-state index in [1.165, 1.54) is 12.0 Å². The number of carbonyl (C=O) groups is 1. The second-order valence-electron chi connectivity index (χ2n) is 4.99. The maximum atomic E-state index is 11.7. The van der Waals surface area contributed by atoms with Gasteiger partial charge >= 0.3 is 5.97 Å². The van der Waals surface area contributed by atoms with Crippen LogP contribution in [-0.4, -0.2) is 44.1 Å². The van der Waals surface area contributed by atoms with Gasteiger partial charge in [-0.2, -0.15) is 0 Å². The van der Waals surface area contributed by atoms with Crippen LogP contribution >= 0.6 is 35.3 Å². The summed E-state index contributed by atoms with van der Waals surface area (Å²) in [6.45, 7) is 4.33. The van der Waals surface area contributed by atoms with Crippen molar-refractivity contribution in [2.75, 3.05) is 27.2 Å². The fourth-order valence-corrected chi connectivity index (χ4v) is 3.15. The monoisotopic (exact) mass is 423 g/mol. The second-order valence-corrected chi connectivity index (χ2v) is 6.02. The molecule has 2 heterocycles. The number of hydrogen-bond acceptors (Lipinski definition) is 4. The van der Waals surface area contributed by atoms with Crippen molar-refractivity contribution < 1.29 is 9.53 Å². The summed E-state index contributed by atoms with van der Waals surface area (Å²) in [5, 5.41) is 5.41. The van der Waals surface area contributed by atoms with Gasteiger partial charge in [0.1, 0.15) is 0 Å². The van der Waals surface area contributed by atoms with Crippen LogP contribution in [0.15, 0.2) is 22.5 Å².